The van der Waals surface area contributed by atoms with E-state index >= 15 is 0 Å². The zero-order chi connectivity index (χ0) is 15.3. The Balaban J connectivity index is 2.57. The maximum atomic E-state index is 11.7. The van der Waals surface area contributed by atoms with E-state index in [9.17, 15) is 9.59 Å². The fourth-order valence-corrected chi connectivity index (χ4v) is 1.87. The highest BCUT2D eigenvalue weighted by Gasteiger charge is 2.32. The number of hydrogen-bond donors (Lipinski definition) is 3. The summed E-state index contributed by atoms with van der Waals surface area (Å²) >= 11 is 5.84. The smallest absolute Gasteiger partial charge is 0.326 e. The van der Waals surface area contributed by atoms with E-state index in [0.29, 0.717) is 5.02 Å². The molecule has 0 unspecified atom stereocenters. The number of halogens is 1. The van der Waals surface area contributed by atoms with E-state index in [1.165, 1.54) is 0 Å². The monoisotopic (exact) mass is 298 g/mol. The number of rotatable bonds is 4. The molecular formula is C14H19ClN2O3. The minimum absolute atomic E-state index is 0.281. The first kappa shape index (κ1) is 16.3. The molecule has 0 spiro atoms. The van der Waals surface area contributed by atoms with E-state index in [2.05, 4.69) is 10.6 Å². The molecule has 0 fully saturated rings. The van der Waals surface area contributed by atoms with Gasteiger partial charge in [0.25, 0.3) is 0 Å². The van der Waals surface area contributed by atoms with Gasteiger partial charge < -0.3 is 15.7 Å². The summed E-state index contributed by atoms with van der Waals surface area (Å²) in [4.78, 5) is 22.9. The summed E-state index contributed by atoms with van der Waals surface area (Å²) in [6.07, 6.45) is 0. The van der Waals surface area contributed by atoms with Crippen molar-refractivity contribution >= 4 is 23.6 Å². The molecule has 1 rings (SSSR count). The molecule has 0 aromatic heterocycles. The fourth-order valence-electron chi connectivity index (χ4n) is 1.66. The average molecular weight is 299 g/mol. The van der Waals surface area contributed by atoms with Crippen molar-refractivity contribution in [3.63, 3.8) is 0 Å². The van der Waals surface area contributed by atoms with Gasteiger partial charge in [-0.05, 0) is 23.1 Å². The van der Waals surface area contributed by atoms with Crippen LogP contribution < -0.4 is 10.6 Å². The molecule has 0 aliphatic rings. The van der Waals surface area contributed by atoms with E-state index in [-0.39, 0.29) is 6.54 Å². The molecule has 3 N–H and O–H groups in total. The van der Waals surface area contributed by atoms with Crippen LogP contribution in [-0.4, -0.2) is 23.1 Å². The Kier molecular flexibility index (Phi) is 5.39. The molecule has 0 saturated heterocycles. The van der Waals surface area contributed by atoms with Crippen molar-refractivity contribution < 1.29 is 14.7 Å². The Morgan fingerprint density at radius 3 is 2.50 bits per heavy atom. The zero-order valence-electron chi connectivity index (χ0n) is 11.7. The SMILES string of the molecule is CC(C)(C)[C@H](NC(=O)NCc1cccc(Cl)c1)C(=O)O. The fraction of sp³-hybridized carbons (Fsp3) is 0.429. The number of carbonyl (C=O) groups excluding carboxylic acids is 1. The highest BCUT2D eigenvalue weighted by atomic mass is 35.5. The van der Waals surface area contributed by atoms with Crippen molar-refractivity contribution in [2.45, 2.75) is 33.4 Å². The second kappa shape index (κ2) is 6.61. The molecule has 5 nitrogen and oxygen atoms in total. The number of carbonyl (C=O) groups is 2. The number of amides is 2. The van der Waals surface area contributed by atoms with Crippen LogP contribution in [0.5, 0.6) is 0 Å². The van der Waals surface area contributed by atoms with Crippen LogP contribution in [0.4, 0.5) is 4.79 Å². The van der Waals surface area contributed by atoms with Gasteiger partial charge in [0.15, 0.2) is 0 Å². The maximum absolute atomic E-state index is 11.7. The summed E-state index contributed by atoms with van der Waals surface area (Å²) in [6, 6.07) is 5.61. The summed E-state index contributed by atoms with van der Waals surface area (Å²) in [7, 11) is 0. The summed E-state index contributed by atoms with van der Waals surface area (Å²) in [5.74, 6) is -1.06. The molecular weight excluding hydrogens is 280 g/mol. The van der Waals surface area contributed by atoms with Gasteiger partial charge in [-0.2, -0.15) is 0 Å². The molecule has 1 aromatic carbocycles. The lowest BCUT2D eigenvalue weighted by molar-refractivity contribution is -0.141. The summed E-state index contributed by atoms with van der Waals surface area (Å²) in [5.41, 5.74) is 0.273. The predicted molar refractivity (Wildman–Crippen MR) is 77.7 cm³/mol. The normalized spacial score (nSPS) is 12.6. The van der Waals surface area contributed by atoms with Crippen LogP contribution in [0.2, 0.25) is 5.02 Å². The molecule has 0 bridgehead atoms. The molecule has 1 aromatic rings. The third-order valence-corrected chi connectivity index (χ3v) is 2.97. The Morgan fingerprint density at radius 1 is 1.35 bits per heavy atom. The molecule has 0 aliphatic carbocycles. The second-order valence-corrected chi connectivity index (χ2v) is 6.03. The Hall–Kier alpha value is -1.75. The number of aliphatic carboxylic acids is 1. The van der Waals surface area contributed by atoms with E-state index in [0.717, 1.165) is 5.56 Å². The van der Waals surface area contributed by atoms with E-state index in [1.807, 2.05) is 6.07 Å². The molecule has 20 heavy (non-hydrogen) atoms. The van der Waals surface area contributed by atoms with Gasteiger partial charge in [0.05, 0.1) is 0 Å². The highest BCUT2D eigenvalue weighted by molar-refractivity contribution is 6.30. The lowest BCUT2D eigenvalue weighted by Gasteiger charge is -2.27. The van der Waals surface area contributed by atoms with E-state index in [4.69, 9.17) is 16.7 Å². The van der Waals surface area contributed by atoms with Gasteiger partial charge in [0, 0.05) is 11.6 Å². The number of benzene rings is 1. The van der Waals surface area contributed by atoms with Gasteiger partial charge in [0.1, 0.15) is 6.04 Å². The zero-order valence-corrected chi connectivity index (χ0v) is 12.5. The van der Waals surface area contributed by atoms with Gasteiger partial charge in [-0.1, -0.05) is 44.5 Å². The molecule has 0 heterocycles. The van der Waals surface area contributed by atoms with Crippen LogP contribution in [0, 0.1) is 5.41 Å². The molecule has 2 amide bonds. The predicted octanol–water partition coefficient (Wildman–Crippen LogP) is 2.64. The van der Waals surface area contributed by atoms with Gasteiger partial charge in [0.2, 0.25) is 0 Å². The third kappa shape index (κ3) is 5.09. The minimum atomic E-state index is -1.06. The van der Waals surface area contributed by atoms with Crippen LogP contribution in [-0.2, 0) is 11.3 Å². The molecule has 0 aliphatic heterocycles. The summed E-state index contributed by atoms with van der Waals surface area (Å²) in [6.45, 7) is 5.54. The molecule has 0 saturated carbocycles. The summed E-state index contributed by atoms with van der Waals surface area (Å²) < 4.78 is 0. The first-order chi connectivity index (χ1) is 9.20. The van der Waals surface area contributed by atoms with E-state index in [1.54, 1.807) is 39.0 Å². The van der Waals surface area contributed by atoms with Gasteiger partial charge in [-0.25, -0.2) is 9.59 Å². The maximum Gasteiger partial charge on any atom is 0.326 e. The van der Waals surface area contributed by atoms with Crippen LogP contribution in [0.25, 0.3) is 0 Å². The first-order valence-corrected chi connectivity index (χ1v) is 6.59. The molecule has 1 atom stereocenters. The van der Waals surface area contributed by atoms with Crippen molar-refractivity contribution in [1.82, 2.24) is 10.6 Å². The molecule has 6 heteroatoms. The quantitative estimate of drug-likeness (QED) is 0.799. The highest BCUT2D eigenvalue weighted by Crippen LogP contribution is 2.19. The van der Waals surface area contributed by atoms with Crippen molar-refractivity contribution in [3.05, 3.63) is 34.9 Å². The minimum Gasteiger partial charge on any atom is -0.480 e. The van der Waals surface area contributed by atoms with Crippen molar-refractivity contribution in [2.75, 3.05) is 0 Å². The number of nitrogens with one attached hydrogen (secondary N) is 2. The Bertz CT molecular complexity index is 497. The number of carboxylic acid groups (broad SMARTS) is 1. The molecule has 110 valence electrons. The van der Waals surface area contributed by atoms with Crippen molar-refractivity contribution in [3.8, 4) is 0 Å². The van der Waals surface area contributed by atoms with Crippen molar-refractivity contribution in [1.29, 1.82) is 0 Å². The lowest BCUT2D eigenvalue weighted by Crippen LogP contribution is -2.52. The topological polar surface area (TPSA) is 78.4 Å². The first-order valence-electron chi connectivity index (χ1n) is 6.22. The van der Waals surface area contributed by atoms with Gasteiger partial charge >= 0.3 is 12.0 Å². The largest absolute Gasteiger partial charge is 0.480 e. The average Bonchev–Trinajstić information content (AvgIpc) is 2.31. The van der Waals surface area contributed by atoms with Gasteiger partial charge in [-0.15, -0.1) is 0 Å². The van der Waals surface area contributed by atoms with Crippen LogP contribution in [0.1, 0.15) is 26.3 Å². The number of urea groups is 1. The Labute approximate surface area is 123 Å². The summed E-state index contributed by atoms with van der Waals surface area (Å²) in [5, 5.41) is 14.8. The number of hydrogen-bond acceptors (Lipinski definition) is 2. The third-order valence-electron chi connectivity index (χ3n) is 2.73. The lowest BCUT2D eigenvalue weighted by atomic mass is 9.87. The second-order valence-electron chi connectivity index (χ2n) is 5.59. The van der Waals surface area contributed by atoms with Crippen molar-refractivity contribution in [2.24, 2.45) is 5.41 Å². The van der Waals surface area contributed by atoms with Crippen LogP contribution >= 0.6 is 11.6 Å². The number of carboxylic acids is 1. The standard InChI is InChI=1S/C14H19ClN2O3/c1-14(2,3)11(12(18)19)17-13(20)16-8-9-5-4-6-10(15)7-9/h4-7,11H,8H2,1-3H3,(H,18,19)(H2,16,17,20)/t11-/m1/s1. The van der Waals surface area contributed by atoms with Gasteiger partial charge in [-0.3, -0.25) is 0 Å². The van der Waals surface area contributed by atoms with Crippen LogP contribution in [0.3, 0.4) is 0 Å². The Morgan fingerprint density at radius 2 is 2.00 bits per heavy atom. The molecule has 0 radical (unpaired) electrons. The van der Waals surface area contributed by atoms with Crippen LogP contribution in [0.15, 0.2) is 24.3 Å². The van der Waals surface area contributed by atoms with E-state index < -0.39 is 23.5 Å².